The molecule has 3 atom stereocenters. The number of benzene rings is 1. The van der Waals surface area contributed by atoms with Gasteiger partial charge in [0.2, 0.25) is 0 Å². The zero-order chi connectivity index (χ0) is 20.4. The molecule has 0 fully saturated rings. The van der Waals surface area contributed by atoms with Crippen LogP contribution in [0.1, 0.15) is 44.7 Å². The number of hydrogen-bond donors (Lipinski definition) is 1. The number of carboxylic acid groups (broad SMARTS) is 1. The predicted molar refractivity (Wildman–Crippen MR) is 101 cm³/mol. The molecule has 28 heavy (non-hydrogen) atoms. The van der Waals surface area contributed by atoms with Crippen molar-refractivity contribution < 1.29 is 23.8 Å². The topological polar surface area (TPSA) is 109 Å². The van der Waals surface area contributed by atoms with Gasteiger partial charge in [-0.2, -0.15) is 0 Å². The summed E-state index contributed by atoms with van der Waals surface area (Å²) in [5, 5.41) is 14.6. The molecule has 0 unspecified atom stereocenters. The number of aliphatic carboxylic acids is 1. The lowest BCUT2D eigenvalue weighted by Gasteiger charge is -2.26. The first-order valence-corrected chi connectivity index (χ1v) is 9.58. The van der Waals surface area contributed by atoms with Crippen LogP contribution in [0.5, 0.6) is 5.75 Å². The van der Waals surface area contributed by atoms with E-state index in [2.05, 4.69) is 5.32 Å². The zero-order valence-electron chi connectivity index (χ0n) is 16.2. The minimum Gasteiger partial charge on any atom is -0.548 e. The van der Waals surface area contributed by atoms with Gasteiger partial charge in [-0.25, -0.2) is 4.79 Å². The third-order valence-corrected chi connectivity index (χ3v) is 5.39. The van der Waals surface area contributed by atoms with E-state index in [-0.39, 0.29) is 11.5 Å². The standard InChI is InChI=1S/C21H25NO6/c1-4-11(2)18(20(24)25)22-19(23)12(3)27-13-8-9-15-14-6-5-7-16(14)21(26)28-17(15)10-13/h8-12,18H,4-7H2,1-3H3,(H,22,23)(H,24,25)/p-1/t11-,12-,18-/m0/s1. The van der Waals surface area contributed by atoms with Crippen molar-refractivity contribution in [3.05, 3.63) is 39.7 Å². The van der Waals surface area contributed by atoms with Crippen LogP contribution in [0.2, 0.25) is 0 Å². The number of ether oxygens (including phenoxy) is 1. The number of carboxylic acids is 1. The van der Waals surface area contributed by atoms with Gasteiger partial charge in [-0.1, -0.05) is 20.3 Å². The largest absolute Gasteiger partial charge is 0.548 e. The van der Waals surface area contributed by atoms with E-state index in [9.17, 15) is 19.5 Å². The SMILES string of the molecule is CC[C@H](C)[C@H](NC(=O)[C@H](C)Oc1ccc2c3c(c(=O)oc2c1)CCC3)C(=O)[O-]. The van der Waals surface area contributed by atoms with E-state index in [0.29, 0.717) is 17.8 Å². The Morgan fingerprint density at radius 1 is 1.25 bits per heavy atom. The summed E-state index contributed by atoms with van der Waals surface area (Å²) >= 11 is 0. The van der Waals surface area contributed by atoms with Gasteiger partial charge in [-0.05, 0) is 49.8 Å². The van der Waals surface area contributed by atoms with Crippen molar-refractivity contribution in [1.82, 2.24) is 5.32 Å². The average molecular weight is 386 g/mol. The summed E-state index contributed by atoms with van der Waals surface area (Å²) in [6.07, 6.45) is 2.17. The normalized spacial score (nSPS) is 16.2. The Morgan fingerprint density at radius 2 is 1.96 bits per heavy atom. The molecule has 0 radical (unpaired) electrons. The highest BCUT2D eigenvalue weighted by atomic mass is 16.5. The molecule has 150 valence electrons. The number of aryl methyl sites for hydroxylation is 1. The van der Waals surface area contributed by atoms with E-state index in [1.165, 1.54) is 6.92 Å². The van der Waals surface area contributed by atoms with Crippen LogP contribution < -0.4 is 20.8 Å². The smallest absolute Gasteiger partial charge is 0.339 e. The second-order valence-corrected chi connectivity index (χ2v) is 7.31. The fourth-order valence-corrected chi connectivity index (χ4v) is 3.53. The molecule has 1 aliphatic carbocycles. The number of nitrogens with one attached hydrogen (secondary N) is 1. The third kappa shape index (κ3) is 3.88. The molecule has 7 nitrogen and oxygen atoms in total. The van der Waals surface area contributed by atoms with E-state index < -0.39 is 24.0 Å². The molecular formula is C21H24NO6-. The Labute approximate surface area is 162 Å². The van der Waals surface area contributed by atoms with Crippen molar-refractivity contribution in [2.75, 3.05) is 0 Å². The molecule has 1 aromatic heterocycles. The van der Waals surface area contributed by atoms with E-state index >= 15 is 0 Å². The van der Waals surface area contributed by atoms with Crippen molar-refractivity contribution in [2.45, 2.75) is 58.6 Å². The summed E-state index contributed by atoms with van der Waals surface area (Å²) in [5.41, 5.74) is 1.86. The molecule has 1 amide bonds. The summed E-state index contributed by atoms with van der Waals surface area (Å²) in [7, 11) is 0. The van der Waals surface area contributed by atoms with Gasteiger partial charge in [0, 0.05) is 17.0 Å². The van der Waals surface area contributed by atoms with E-state index in [4.69, 9.17) is 9.15 Å². The minimum absolute atomic E-state index is 0.266. The molecule has 1 heterocycles. The monoisotopic (exact) mass is 386 g/mol. The van der Waals surface area contributed by atoms with Crippen LogP contribution in [-0.4, -0.2) is 24.0 Å². The van der Waals surface area contributed by atoms with Crippen LogP contribution in [0.25, 0.3) is 11.0 Å². The highest BCUT2D eigenvalue weighted by Gasteiger charge is 2.24. The molecule has 1 aromatic carbocycles. The lowest BCUT2D eigenvalue weighted by molar-refractivity contribution is -0.309. The highest BCUT2D eigenvalue weighted by Crippen LogP contribution is 2.29. The zero-order valence-corrected chi connectivity index (χ0v) is 16.2. The highest BCUT2D eigenvalue weighted by molar-refractivity contribution is 5.86. The van der Waals surface area contributed by atoms with Crippen LogP contribution >= 0.6 is 0 Å². The van der Waals surface area contributed by atoms with Gasteiger partial charge in [0.15, 0.2) is 6.10 Å². The fraction of sp³-hybridized carbons (Fsp3) is 0.476. The molecule has 1 N–H and O–H groups in total. The van der Waals surface area contributed by atoms with Crippen molar-refractivity contribution in [3.63, 3.8) is 0 Å². The summed E-state index contributed by atoms with van der Waals surface area (Å²) < 4.78 is 11.1. The quantitative estimate of drug-likeness (QED) is 0.719. The first-order chi connectivity index (χ1) is 13.3. The Morgan fingerprint density at radius 3 is 2.64 bits per heavy atom. The van der Waals surface area contributed by atoms with Crippen LogP contribution in [-0.2, 0) is 22.4 Å². The van der Waals surface area contributed by atoms with Crippen molar-refractivity contribution in [2.24, 2.45) is 5.92 Å². The van der Waals surface area contributed by atoms with Gasteiger partial charge < -0.3 is 24.4 Å². The van der Waals surface area contributed by atoms with Crippen molar-refractivity contribution in [3.8, 4) is 5.75 Å². The lowest BCUT2D eigenvalue weighted by atomic mass is 9.99. The number of rotatable bonds is 7. The molecule has 0 bridgehead atoms. The molecular weight excluding hydrogens is 362 g/mol. The number of fused-ring (bicyclic) bond motifs is 3. The molecule has 0 saturated heterocycles. The fourth-order valence-electron chi connectivity index (χ4n) is 3.53. The Bertz CT molecular complexity index is 963. The molecule has 7 heteroatoms. The summed E-state index contributed by atoms with van der Waals surface area (Å²) in [4.78, 5) is 35.7. The van der Waals surface area contributed by atoms with Crippen LogP contribution in [0.4, 0.5) is 0 Å². The second kappa shape index (κ2) is 8.04. The molecule has 2 aromatic rings. The van der Waals surface area contributed by atoms with Crippen LogP contribution in [0.15, 0.2) is 27.4 Å². The number of carbonyl (C=O) groups is 2. The molecule has 0 saturated carbocycles. The van der Waals surface area contributed by atoms with Gasteiger partial charge in [-0.15, -0.1) is 0 Å². The van der Waals surface area contributed by atoms with Crippen LogP contribution in [0, 0.1) is 5.92 Å². The molecule has 0 spiro atoms. The van der Waals surface area contributed by atoms with Crippen LogP contribution in [0.3, 0.4) is 0 Å². The van der Waals surface area contributed by atoms with Gasteiger partial charge >= 0.3 is 5.63 Å². The average Bonchev–Trinajstić information content (AvgIpc) is 3.15. The first-order valence-electron chi connectivity index (χ1n) is 9.58. The van der Waals surface area contributed by atoms with Gasteiger partial charge in [0.25, 0.3) is 5.91 Å². The van der Waals surface area contributed by atoms with E-state index in [1.807, 2.05) is 13.0 Å². The van der Waals surface area contributed by atoms with Gasteiger partial charge in [0.1, 0.15) is 11.3 Å². The Kier molecular flexibility index (Phi) is 5.72. The van der Waals surface area contributed by atoms with E-state index in [1.54, 1.807) is 19.1 Å². The number of hydrogen-bond acceptors (Lipinski definition) is 6. The number of amides is 1. The van der Waals surface area contributed by atoms with Gasteiger partial charge in [0.05, 0.1) is 12.0 Å². The Hall–Kier alpha value is -2.83. The van der Waals surface area contributed by atoms with E-state index in [0.717, 1.165) is 35.8 Å². The molecule has 0 aliphatic heterocycles. The maximum absolute atomic E-state index is 12.4. The van der Waals surface area contributed by atoms with Crippen molar-refractivity contribution >= 4 is 22.8 Å². The van der Waals surface area contributed by atoms with Gasteiger partial charge in [-0.3, -0.25) is 4.79 Å². The summed E-state index contributed by atoms with van der Waals surface area (Å²) in [6, 6.07) is 4.05. The van der Waals surface area contributed by atoms with Crippen molar-refractivity contribution in [1.29, 1.82) is 0 Å². The predicted octanol–water partition coefficient (Wildman–Crippen LogP) is 1.33. The molecule has 1 aliphatic rings. The maximum Gasteiger partial charge on any atom is 0.339 e. The second-order valence-electron chi connectivity index (χ2n) is 7.31. The first kappa shape index (κ1) is 19.9. The minimum atomic E-state index is -1.32. The Balaban J connectivity index is 1.76. The third-order valence-electron chi connectivity index (χ3n) is 5.39. The number of carbonyl (C=O) groups excluding carboxylic acids is 2. The summed E-state index contributed by atoms with van der Waals surface area (Å²) in [5.74, 6) is -1.77. The molecule has 3 rings (SSSR count). The lowest BCUT2D eigenvalue weighted by Crippen LogP contribution is -2.54. The summed E-state index contributed by atoms with van der Waals surface area (Å²) in [6.45, 7) is 5.10. The maximum atomic E-state index is 12.4.